The SMILES string of the molecule is Cc1cc(C2=C(c3cc(F)c(S(N)(=O)=O)cc3F)COC2=O)ccc1Br. The van der Waals surface area contributed by atoms with E-state index in [1.165, 1.54) is 0 Å². The van der Waals surface area contributed by atoms with Crippen LogP contribution in [0.3, 0.4) is 0 Å². The Morgan fingerprint density at radius 2 is 1.85 bits per heavy atom. The number of cyclic esters (lactones) is 1. The van der Waals surface area contributed by atoms with Gasteiger partial charge in [-0.25, -0.2) is 27.1 Å². The predicted octanol–water partition coefficient (Wildman–Crippen LogP) is 3.15. The van der Waals surface area contributed by atoms with E-state index in [0.717, 1.165) is 10.0 Å². The molecule has 2 N–H and O–H groups in total. The maximum absolute atomic E-state index is 14.5. The molecule has 1 heterocycles. The van der Waals surface area contributed by atoms with Crippen LogP contribution in [0.4, 0.5) is 8.78 Å². The molecule has 0 radical (unpaired) electrons. The maximum Gasteiger partial charge on any atom is 0.339 e. The first-order valence-corrected chi connectivity index (χ1v) is 9.62. The van der Waals surface area contributed by atoms with Crippen LogP contribution in [0.5, 0.6) is 0 Å². The summed E-state index contributed by atoms with van der Waals surface area (Å²) in [6, 6.07) is 6.28. The molecule has 0 atom stereocenters. The van der Waals surface area contributed by atoms with Crippen LogP contribution < -0.4 is 5.14 Å². The second-order valence-electron chi connectivity index (χ2n) is 5.70. The fourth-order valence-corrected chi connectivity index (χ4v) is 3.53. The van der Waals surface area contributed by atoms with Gasteiger partial charge in [0.25, 0.3) is 0 Å². The van der Waals surface area contributed by atoms with E-state index >= 15 is 0 Å². The van der Waals surface area contributed by atoms with Crippen LogP contribution in [0.1, 0.15) is 16.7 Å². The van der Waals surface area contributed by atoms with Crippen molar-refractivity contribution in [3.05, 3.63) is 63.1 Å². The Hall–Kier alpha value is -2.10. The van der Waals surface area contributed by atoms with E-state index in [-0.39, 0.29) is 23.3 Å². The standard InChI is InChI=1S/C17H12BrF2NO4S/c1-8-4-9(2-3-12(8)18)16-11(7-25-17(16)22)10-5-14(20)15(6-13(10)19)26(21,23)24/h2-6H,7H2,1H3,(H2,21,23,24). The Morgan fingerprint density at radius 3 is 2.46 bits per heavy atom. The largest absolute Gasteiger partial charge is 0.457 e. The third kappa shape index (κ3) is 3.29. The molecule has 9 heteroatoms. The molecule has 0 spiro atoms. The highest BCUT2D eigenvalue weighted by atomic mass is 79.9. The molecule has 0 amide bonds. The van der Waals surface area contributed by atoms with Gasteiger partial charge in [0.15, 0.2) is 0 Å². The molecular formula is C17H12BrF2NO4S. The minimum absolute atomic E-state index is 0.0993. The second kappa shape index (κ2) is 6.57. The second-order valence-corrected chi connectivity index (χ2v) is 8.09. The molecule has 3 rings (SSSR count). The van der Waals surface area contributed by atoms with E-state index in [9.17, 15) is 22.0 Å². The number of primary sulfonamides is 1. The third-order valence-electron chi connectivity index (χ3n) is 3.95. The summed E-state index contributed by atoms with van der Waals surface area (Å²) in [4.78, 5) is 11.2. The van der Waals surface area contributed by atoms with Gasteiger partial charge in [0, 0.05) is 15.6 Å². The summed E-state index contributed by atoms with van der Waals surface area (Å²) in [7, 11) is -4.42. The number of benzene rings is 2. The lowest BCUT2D eigenvalue weighted by molar-refractivity contribution is -0.133. The first-order valence-electron chi connectivity index (χ1n) is 7.28. The van der Waals surface area contributed by atoms with Gasteiger partial charge in [0.2, 0.25) is 10.0 Å². The van der Waals surface area contributed by atoms with Gasteiger partial charge in [0.05, 0.1) is 5.57 Å². The van der Waals surface area contributed by atoms with E-state index < -0.39 is 32.5 Å². The lowest BCUT2D eigenvalue weighted by Gasteiger charge is -2.09. The summed E-state index contributed by atoms with van der Waals surface area (Å²) in [5, 5.41) is 4.87. The van der Waals surface area contributed by atoms with Gasteiger partial charge < -0.3 is 4.74 Å². The van der Waals surface area contributed by atoms with Crippen molar-refractivity contribution in [3.63, 3.8) is 0 Å². The van der Waals surface area contributed by atoms with Crippen molar-refractivity contribution in [1.29, 1.82) is 0 Å². The third-order valence-corrected chi connectivity index (χ3v) is 5.77. The number of carbonyl (C=O) groups is 1. The molecule has 5 nitrogen and oxygen atoms in total. The minimum Gasteiger partial charge on any atom is -0.457 e. The number of ether oxygens (including phenoxy) is 1. The van der Waals surface area contributed by atoms with Crippen LogP contribution in [0.2, 0.25) is 0 Å². The topological polar surface area (TPSA) is 86.5 Å². The molecule has 136 valence electrons. The Labute approximate surface area is 156 Å². The summed E-state index contributed by atoms with van der Waals surface area (Å²) < 4.78 is 57.1. The molecule has 0 aliphatic carbocycles. The molecule has 0 unspecified atom stereocenters. The van der Waals surface area contributed by atoms with E-state index in [1.54, 1.807) is 18.2 Å². The molecule has 0 saturated heterocycles. The first-order chi connectivity index (χ1) is 12.1. The van der Waals surface area contributed by atoms with Gasteiger partial charge in [-0.3, -0.25) is 0 Å². The smallest absolute Gasteiger partial charge is 0.339 e. The Morgan fingerprint density at radius 1 is 1.15 bits per heavy atom. The molecule has 0 fully saturated rings. The summed E-state index contributed by atoms with van der Waals surface area (Å²) in [6.45, 7) is 1.56. The summed E-state index contributed by atoms with van der Waals surface area (Å²) in [6.07, 6.45) is 0. The van der Waals surface area contributed by atoms with Gasteiger partial charge in [-0.05, 0) is 36.2 Å². The quantitative estimate of drug-likeness (QED) is 0.738. The number of nitrogens with two attached hydrogens (primary N) is 1. The molecule has 1 aliphatic rings. The van der Waals surface area contributed by atoms with E-state index in [0.29, 0.717) is 17.7 Å². The highest BCUT2D eigenvalue weighted by Gasteiger charge is 2.30. The monoisotopic (exact) mass is 443 g/mol. The van der Waals surface area contributed by atoms with Gasteiger partial charge in [-0.15, -0.1) is 0 Å². The molecule has 0 saturated carbocycles. The molecule has 1 aliphatic heterocycles. The van der Waals surface area contributed by atoms with Crippen molar-refractivity contribution in [2.24, 2.45) is 5.14 Å². The van der Waals surface area contributed by atoms with Crippen LogP contribution in [0, 0.1) is 18.6 Å². The number of esters is 1. The Balaban J connectivity index is 2.23. The van der Waals surface area contributed by atoms with Gasteiger partial charge in [-0.2, -0.15) is 0 Å². The van der Waals surface area contributed by atoms with E-state index in [4.69, 9.17) is 9.88 Å². The van der Waals surface area contributed by atoms with Crippen molar-refractivity contribution in [2.75, 3.05) is 6.61 Å². The zero-order valence-electron chi connectivity index (χ0n) is 13.3. The minimum atomic E-state index is -4.42. The first kappa shape index (κ1) is 18.7. The lowest BCUT2D eigenvalue weighted by atomic mass is 9.95. The number of carbonyl (C=O) groups excluding carboxylic acids is 1. The maximum atomic E-state index is 14.5. The van der Waals surface area contributed by atoms with Gasteiger partial charge in [0.1, 0.15) is 23.1 Å². The summed E-state index contributed by atoms with van der Waals surface area (Å²) >= 11 is 3.35. The predicted molar refractivity (Wildman–Crippen MR) is 94.4 cm³/mol. The zero-order chi connectivity index (χ0) is 19.2. The fourth-order valence-electron chi connectivity index (χ4n) is 2.69. The molecule has 0 bridgehead atoms. The van der Waals surface area contributed by atoms with Crippen molar-refractivity contribution in [1.82, 2.24) is 0 Å². The molecule has 0 aromatic heterocycles. The average molecular weight is 444 g/mol. The van der Waals surface area contributed by atoms with Crippen LogP contribution in [-0.2, 0) is 19.6 Å². The summed E-state index contributed by atoms with van der Waals surface area (Å²) in [5.41, 5.74) is 1.30. The van der Waals surface area contributed by atoms with E-state index in [2.05, 4.69) is 15.9 Å². The Bertz CT molecular complexity index is 1080. The van der Waals surface area contributed by atoms with Crippen molar-refractivity contribution >= 4 is 43.1 Å². The van der Waals surface area contributed by atoms with Crippen molar-refractivity contribution in [3.8, 4) is 0 Å². The number of hydrogen-bond donors (Lipinski definition) is 1. The average Bonchev–Trinajstić information content (AvgIpc) is 2.92. The van der Waals surface area contributed by atoms with Gasteiger partial charge in [-0.1, -0.05) is 28.1 Å². The van der Waals surface area contributed by atoms with Crippen LogP contribution >= 0.6 is 15.9 Å². The van der Waals surface area contributed by atoms with Crippen LogP contribution in [0.15, 0.2) is 39.7 Å². The van der Waals surface area contributed by atoms with Crippen molar-refractivity contribution < 1.29 is 26.7 Å². The number of rotatable bonds is 3. The number of hydrogen-bond acceptors (Lipinski definition) is 4. The highest BCUT2D eigenvalue weighted by molar-refractivity contribution is 9.10. The number of halogens is 3. The van der Waals surface area contributed by atoms with Crippen LogP contribution in [-0.4, -0.2) is 21.0 Å². The van der Waals surface area contributed by atoms with E-state index in [1.807, 2.05) is 6.92 Å². The number of sulfonamides is 1. The molecule has 2 aromatic carbocycles. The normalized spacial score (nSPS) is 14.7. The number of aryl methyl sites for hydroxylation is 1. The summed E-state index contributed by atoms with van der Waals surface area (Å²) in [5.74, 6) is -2.89. The van der Waals surface area contributed by atoms with Gasteiger partial charge >= 0.3 is 5.97 Å². The highest BCUT2D eigenvalue weighted by Crippen LogP contribution is 2.36. The Kier molecular flexibility index (Phi) is 4.72. The van der Waals surface area contributed by atoms with Crippen molar-refractivity contribution in [2.45, 2.75) is 11.8 Å². The molecule has 26 heavy (non-hydrogen) atoms. The molecular weight excluding hydrogens is 432 g/mol. The lowest BCUT2D eigenvalue weighted by Crippen LogP contribution is -2.15. The zero-order valence-corrected chi connectivity index (χ0v) is 15.7. The fraction of sp³-hybridized carbons (Fsp3) is 0.118. The van der Waals surface area contributed by atoms with Crippen LogP contribution in [0.25, 0.3) is 11.1 Å². The molecule has 2 aromatic rings.